The third-order valence-corrected chi connectivity index (χ3v) is 5.59. The third-order valence-electron chi connectivity index (χ3n) is 5.59. The number of carbonyl (C=O) groups excluding carboxylic acids is 1. The van der Waals surface area contributed by atoms with Crippen molar-refractivity contribution in [1.82, 2.24) is 29.9 Å². The number of hydrogen-bond donors (Lipinski definition) is 0. The number of alkyl halides is 3. The quantitative estimate of drug-likeness (QED) is 0.709. The van der Waals surface area contributed by atoms with E-state index in [1.165, 1.54) is 12.4 Å². The van der Waals surface area contributed by atoms with Crippen LogP contribution in [-0.4, -0.2) is 87.4 Å². The van der Waals surface area contributed by atoms with Crippen LogP contribution in [0.25, 0.3) is 11.4 Å². The van der Waals surface area contributed by atoms with Crippen molar-refractivity contribution >= 4 is 12.0 Å². The van der Waals surface area contributed by atoms with Gasteiger partial charge in [-0.05, 0) is 6.42 Å². The Kier molecular flexibility index (Phi) is 4.49. The molecule has 0 aliphatic carbocycles. The van der Waals surface area contributed by atoms with Crippen LogP contribution < -0.4 is 4.90 Å². The summed E-state index contributed by atoms with van der Waals surface area (Å²) in [7, 11) is 0. The van der Waals surface area contributed by atoms with Crippen LogP contribution in [0.5, 0.6) is 0 Å². The predicted molar refractivity (Wildman–Crippen MR) is 94.4 cm³/mol. The highest BCUT2D eigenvalue weighted by atomic mass is 19.4. The second-order valence-corrected chi connectivity index (χ2v) is 7.42. The molecule has 30 heavy (non-hydrogen) atoms. The number of likely N-dealkylation sites (tertiary alicyclic amines) is 1. The first-order valence-corrected chi connectivity index (χ1v) is 9.53. The van der Waals surface area contributed by atoms with Gasteiger partial charge >= 0.3 is 18.1 Å². The predicted octanol–water partition coefficient (Wildman–Crippen LogP) is 1.26. The fourth-order valence-electron chi connectivity index (χ4n) is 4.12. The SMILES string of the molecule is O=C(N1CCOCC1)N1CC2CC1CN2c1ncc(-c2noc(C(F)(F)F)n2)cn1. The fourth-order valence-corrected chi connectivity index (χ4v) is 4.12. The zero-order valence-corrected chi connectivity index (χ0v) is 15.7. The van der Waals surface area contributed by atoms with Crippen molar-refractivity contribution in [3.05, 3.63) is 18.3 Å². The van der Waals surface area contributed by atoms with Crippen molar-refractivity contribution < 1.29 is 27.2 Å². The van der Waals surface area contributed by atoms with Crippen LogP contribution in [-0.2, 0) is 10.9 Å². The first kappa shape index (κ1) is 19.0. The van der Waals surface area contributed by atoms with Gasteiger partial charge in [-0.25, -0.2) is 14.8 Å². The minimum absolute atomic E-state index is 0.0410. The second-order valence-electron chi connectivity index (χ2n) is 7.42. The summed E-state index contributed by atoms with van der Waals surface area (Å²) < 4.78 is 47.4. The first-order chi connectivity index (χ1) is 14.4. The molecular formula is C17H18F3N7O3. The number of rotatable bonds is 2. The van der Waals surface area contributed by atoms with Gasteiger partial charge in [0.15, 0.2) is 0 Å². The Morgan fingerprint density at radius 3 is 2.43 bits per heavy atom. The summed E-state index contributed by atoms with van der Waals surface area (Å²) >= 11 is 0. The highest BCUT2D eigenvalue weighted by Crippen LogP contribution is 2.34. The van der Waals surface area contributed by atoms with E-state index in [1.807, 2.05) is 14.7 Å². The molecule has 0 saturated carbocycles. The van der Waals surface area contributed by atoms with E-state index in [-0.39, 0.29) is 29.5 Å². The fraction of sp³-hybridized carbons (Fsp3) is 0.588. The van der Waals surface area contributed by atoms with E-state index in [2.05, 4.69) is 24.6 Å². The molecule has 2 unspecified atom stereocenters. The lowest BCUT2D eigenvalue weighted by Crippen LogP contribution is -2.55. The normalized spacial score (nSPS) is 24.0. The molecule has 2 aromatic heterocycles. The van der Waals surface area contributed by atoms with E-state index in [4.69, 9.17) is 4.74 Å². The standard InChI is InChI=1S/C17H18F3N7O3/c18-17(19,20)14-23-13(24-30-14)10-6-21-15(22-7-10)26-8-12-5-11(26)9-27(12)16(28)25-1-3-29-4-2-25/h6-7,11-12H,1-5,8-9H2. The molecule has 0 aromatic carbocycles. The molecule has 3 saturated heterocycles. The molecule has 3 aliphatic rings. The van der Waals surface area contributed by atoms with Gasteiger partial charge in [-0.2, -0.15) is 18.2 Å². The van der Waals surface area contributed by atoms with Crippen LogP contribution >= 0.6 is 0 Å². The Hall–Kier alpha value is -2.96. The summed E-state index contributed by atoms with van der Waals surface area (Å²) in [6, 6.07) is 0.229. The van der Waals surface area contributed by atoms with E-state index in [0.29, 0.717) is 45.3 Å². The lowest BCUT2D eigenvalue weighted by Gasteiger charge is -2.38. The van der Waals surface area contributed by atoms with Crippen LogP contribution in [0.3, 0.4) is 0 Å². The van der Waals surface area contributed by atoms with Gasteiger partial charge in [0.25, 0.3) is 0 Å². The van der Waals surface area contributed by atoms with Gasteiger partial charge in [-0.3, -0.25) is 0 Å². The molecule has 5 rings (SSSR count). The molecule has 13 heteroatoms. The van der Waals surface area contributed by atoms with E-state index < -0.39 is 12.1 Å². The lowest BCUT2D eigenvalue weighted by molar-refractivity contribution is -0.159. The molecule has 2 bridgehead atoms. The molecular weight excluding hydrogens is 407 g/mol. The van der Waals surface area contributed by atoms with E-state index in [0.717, 1.165) is 6.42 Å². The summed E-state index contributed by atoms with van der Waals surface area (Å²) in [4.78, 5) is 30.4. The number of morpholine rings is 1. The van der Waals surface area contributed by atoms with E-state index in [1.54, 1.807) is 0 Å². The molecule has 0 radical (unpaired) electrons. The average molecular weight is 425 g/mol. The highest BCUT2D eigenvalue weighted by molar-refractivity contribution is 5.76. The molecule has 10 nitrogen and oxygen atoms in total. The van der Waals surface area contributed by atoms with Crippen molar-refractivity contribution in [1.29, 1.82) is 0 Å². The minimum atomic E-state index is -4.70. The summed E-state index contributed by atoms with van der Waals surface area (Å²) in [5.74, 6) is -1.17. The van der Waals surface area contributed by atoms with E-state index in [9.17, 15) is 18.0 Å². The second kappa shape index (κ2) is 7.07. The molecule has 0 N–H and O–H groups in total. The van der Waals surface area contributed by atoms with Gasteiger partial charge in [0.2, 0.25) is 11.8 Å². The van der Waals surface area contributed by atoms with Crippen LogP contribution in [0, 0.1) is 0 Å². The molecule has 3 fully saturated rings. The molecule has 0 spiro atoms. The molecule has 160 valence electrons. The Labute approximate surface area is 168 Å². The Morgan fingerprint density at radius 1 is 1.10 bits per heavy atom. The first-order valence-electron chi connectivity index (χ1n) is 9.53. The molecule has 2 atom stereocenters. The van der Waals surface area contributed by atoms with Crippen LogP contribution in [0.1, 0.15) is 12.3 Å². The van der Waals surface area contributed by atoms with Crippen molar-refractivity contribution in [2.45, 2.75) is 24.7 Å². The maximum atomic E-state index is 12.8. The van der Waals surface area contributed by atoms with Gasteiger partial charge in [0, 0.05) is 38.6 Å². The van der Waals surface area contributed by atoms with Crippen LogP contribution in [0.2, 0.25) is 0 Å². The lowest BCUT2D eigenvalue weighted by atomic mass is 10.2. The summed E-state index contributed by atoms with van der Waals surface area (Å²) in [5.41, 5.74) is 0.228. The number of carbonyl (C=O) groups is 1. The van der Waals surface area contributed by atoms with Gasteiger partial charge in [-0.15, -0.1) is 0 Å². The number of fused-ring (bicyclic) bond motifs is 2. The average Bonchev–Trinajstić information content (AvgIpc) is 3.49. The summed E-state index contributed by atoms with van der Waals surface area (Å²) in [5, 5.41) is 3.33. The number of halogens is 3. The molecule has 3 aliphatic heterocycles. The zero-order valence-electron chi connectivity index (χ0n) is 15.7. The number of piperazine rings is 1. The summed E-state index contributed by atoms with van der Waals surface area (Å²) in [6.45, 7) is 3.53. The van der Waals surface area contributed by atoms with Crippen LogP contribution in [0.15, 0.2) is 16.9 Å². The number of urea groups is 1. The molecule has 5 heterocycles. The summed E-state index contributed by atoms with van der Waals surface area (Å²) in [6.07, 6.45) is -1.13. The maximum absolute atomic E-state index is 12.8. The number of ether oxygens (including phenoxy) is 1. The smallest absolute Gasteiger partial charge is 0.378 e. The Balaban J connectivity index is 1.25. The third kappa shape index (κ3) is 3.32. The molecule has 2 amide bonds. The molecule has 2 aromatic rings. The monoisotopic (exact) mass is 425 g/mol. The van der Waals surface area contributed by atoms with Gasteiger partial charge < -0.3 is 24.0 Å². The Bertz CT molecular complexity index is 929. The van der Waals surface area contributed by atoms with Crippen LogP contribution in [0.4, 0.5) is 23.9 Å². The highest BCUT2D eigenvalue weighted by Gasteiger charge is 2.47. The topological polar surface area (TPSA) is 101 Å². The van der Waals surface area contributed by atoms with Gasteiger partial charge in [0.1, 0.15) is 0 Å². The van der Waals surface area contributed by atoms with E-state index >= 15 is 0 Å². The number of aromatic nitrogens is 4. The zero-order chi connectivity index (χ0) is 20.9. The minimum Gasteiger partial charge on any atom is -0.378 e. The van der Waals surface area contributed by atoms with Crippen molar-refractivity contribution in [3.63, 3.8) is 0 Å². The number of nitrogens with zero attached hydrogens (tertiary/aromatic N) is 7. The number of amides is 2. The number of hydrogen-bond acceptors (Lipinski definition) is 8. The number of anilines is 1. The van der Waals surface area contributed by atoms with Gasteiger partial charge in [0.05, 0.1) is 30.9 Å². The van der Waals surface area contributed by atoms with Gasteiger partial charge in [-0.1, -0.05) is 5.16 Å². The largest absolute Gasteiger partial charge is 0.471 e. The maximum Gasteiger partial charge on any atom is 0.471 e. The van der Waals surface area contributed by atoms with Crippen molar-refractivity contribution in [2.75, 3.05) is 44.3 Å². The Morgan fingerprint density at radius 2 is 1.83 bits per heavy atom. The van der Waals surface area contributed by atoms with Crippen molar-refractivity contribution in [2.24, 2.45) is 0 Å². The van der Waals surface area contributed by atoms with Crippen molar-refractivity contribution in [3.8, 4) is 11.4 Å².